The van der Waals surface area contributed by atoms with Crippen molar-refractivity contribution in [3.8, 4) is 22.8 Å². The summed E-state index contributed by atoms with van der Waals surface area (Å²) in [6, 6.07) is 15.2. The Balaban J connectivity index is 1.86. The molecule has 0 fully saturated rings. The third kappa shape index (κ3) is 3.72. The van der Waals surface area contributed by atoms with E-state index in [1.807, 2.05) is 38.1 Å². The van der Waals surface area contributed by atoms with Crippen LogP contribution in [-0.4, -0.2) is 30.8 Å². The van der Waals surface area contributed by atoms with Crippen LogP contribution in [0.4, 0.5) is 0 Å². The van der Waals surface area contributed by atoms with E-state index in [2.05, 4.69) is 5.10 Å². The second-order valence-corrected chi connectivity index (χ2v) is 7.74. The molecule has 7 heteroatoms. The lowest BCUT2D eigenvalue weighted by atomic mass is 10.1. The summed E-state index contributed by atoms with van der Waals surface area (Å²) < 4.78 is 37.0. The van der Waals surface area contributed by atoms with Crippen molar-refractivity contribution in [1.29, 1.82) is 0 Å². The Kier molecular flexibility index (Phi) is 4.99. The summed E-state index contributed by atoms with van der Waals surface area (Å²) in [6.45, 7) is 3.92. The average molecular weight is 372 g/mol. The van der Waals surface area contributed by atoms with Crippen molar-refractivity contribution in [3.05, 3.63) is 60.8 Å². The van der Waals surface area contributed by atoms with Crippen molar-refractivity contribution in [2.24, 2.45) is 0 Å². The van der Waals surface area contributed by atoms with Crippen LogP contribution >= 0.6 is 0 Å². The Morgan fingerprint density at radius 1 is 0.923 bits per heavy atom. The highest BCUT2D eigenvalue weighted by Crippen LogP contribution is 2.23. The number of methoxy groups -OCH3 is 1. The van der Waals surface area contributed by atoms with E-state index in [1.54, 1.807) is 18.2 Å². The molecule has 2 aromatic carbocycles. The molecule has 0 saturated heterocycles. The van der Waals surface area contributed by atoms with Gasteiger partial charge < -0.3 is 9.47 Å². The summed E-state index contributed by atoms with van der Waals surface area (Å²) in [6.07, 6.45) is 1.53. The fraction of sp³-hybridized carbons (Fsp3) is 0.211. The first-order chi connectivity index (χ1) is 12.4. The maximum atomic E-state index is 12.7. The van der Waals surface area contributed by atoms with Gasteiger partial charge >= 0.3 is 0 Å². The van der Waals surface area contributed by atoms with E-state index < -0.39 is 10.0 Å². The molecule has 1 aromatic heterocycles. The summed E-state index contributed by atoms with van der Waals surface area (Å²) in [5.74, 6) is 1.35. The Morgan fingerprint density at radius 3 is 2.12 bits per heavy atom. The molecular formula is C19H20N2O4S. The van der Waals surface area contributed by atoms with Gasteiger partial charge in [0, 0.05) is 11.8 Å². The van der Waals surface area contributed by atoms with Crippen LogP contribution in [0.15, 0.2) is 65.7 Å². The molecule has 0 aliphatic carbocycles. The molecule has 0 radical (unpaired) electrons. The lowest BCUT2D eigenvalue weighted by Crippen LogP contribution is -2.13. The van der Waals surface area contributed by atoms with Gasteiger partial charge in [-0.05, 0) is 68.4 Å². The van der Waals surface area contributed by atoms with Crippen LogP contribution < -0.4 is 9.47 Å². The Morgan fingerprint density at radius 2 is 1.54 bits per heavy atom. The number of hydrogen-bond acceptors (Lipinski definition) is 5. The minimum atomic E-state index is -3.75. The van der Waals surface area contributed by atoms with Gasteiger partial charge in [-0.2, -0.15) is 17.6 Å². The van der Waals surface area contributed by atoms with Gasteiger partial charge in [-0.25, -0.2) is 0 Å². The Labute approximate surface area is 153 Å². The van der Waals surface area contributed by atoms with Gasteiger partial charge in [0.1, 0.15) is 11.5 Å². The minimum absolute atomic E-state index is 0.0923. The summed E-state index contributed by atoms with van der Waals surface area (Å²) in [5.41, 5.74) is 1.38. The van der Waals surface area contributed by atoms with Crippen molar-refractivity contribution >= 4 is 10.0 Å². The molecule has 136 valence electrons. The van der Waals surface area contributed by atoms with Gasteiger partial charge in [-0.15, -0.1) is 0 Å². The fourth-order valence-corrected chi connectivity index (χ4v) is 3.54. The molecule has 26 heavy (non-hydrogen) atoms. The predicted octanol–water partition coefficient (Wildman–Crippen LogP) is 3.58. The van der Waals surface area contributed by atoms with Gasteiger partial charge in [-0.1, -0.05) is 0 Å². The number of hydrogen-bond donors (Lipinski definition) is 0. The van der Waals surface area contributed by atoms with E-state index in [0.29, 0.717) is 11.4 Å². The molecule has 0 aliphatic rings. The highest BCUT2D eigenvalue weighted by atomic mass is 32.2. The topological polar surface area (TPSA) is 70.4 Å². The lowest BCUT2D eigenvalue weighted by Gasteiger charge is -2.09. The number of aromatic nitrogens is 2. The van der Waals surface area contributed by atoms with Crippen LogP contribution in [0.5, 0.6) is 11.5 Å². The van der Waals surface area contributed by atoms with Crippen LogP contribution in [0.1, 0.15) is 13.8 Å². The standard InChI is InChI=1S/C19H20N2O4S/c1-14(2)25-17-6-4-15(5-7-17)19-12-13-21(20-19)26(22,23)18-10-8-16(24-3)9-11-18/h4-14H,1-3H3. The van der Waals surface area contributed by atoms with E-state index in [-0.39, 0.29) is 11.0 Å². The molecule has 0 amide bonds. The van der Waals surface area contributed by atoms with Crippen LogP contribution in [0.2, 0.25) is 0 Å². The normalized spacial score (nSPS) is 11.5. The van der Waals surface area contributed by atoms with Crippen LogP contribution in [0, 0.1) is 0 Å². The third-order valence-electron chi connectivity index (χ3n) is 3.69. The third-order valence-corrected chi connectivity index (χ3v) is 5.26. The zero-order valence-electron chi connectivity index (χ0n) is 14.8. The maximum absolute atomic E-state index is 12.7. The fourth-order valence-electron chi connectivity index (χ4n) is 2.43. The van der Waals surface area contributed by atoms with E-state index in [4.69, 9.17) is 9.47 Å². The molecule has 6 nitrogen and oxygen atoms in total. The van der Waals surface area contributed by atoms with Crippen molar-refractivity contribution in [2.45, 2.75) is 24.8 Å². The first kappa shape index (κ1) is 18.0. The van der Waals surface area contributed by atoms with Gasteiger partial charge in [0.15, 0.2) is 0 Å². The highest BCUT2D eigenvalue weighted by Gasteiger charge is 2.18. The number of nitrogens with zero attached hydrogens (tertiary/aromatic N) is 2. The summed E-state index contributed by atoms with van der Waals surface area (Å²) in [7, 11) is -2.22. The minimum Gasteiger partial charge on any atom is -0.497 e. The van der Waals surface area contributed by atoms with E-state index in [1.165, 1.54) is 25.4 Å². The first-order valence-electron chi connectivity index (χ1n) is 8.12. The van der Waals surface area contributed by atoms with Crippen molar-refractivity contribution in [3.63, 3.8) is 0 Å². The van der Waals surface area contributed by atoms with Crippen molar-refractivity contribution in [2.75, 3.05) is 7.11 Å². The van der Waals surface area contributed by atoms with Gasteiger partial charge in [-0.3, -0.25) is 0 Å². The molecule has 3 aromatic rings. The summed E-state index contributed by atoms with van der Waals surface area (Å²) >= 11 is 0. The zero-order valence-corrected chi connectivity index (χ0v) is 15.6. The molecule has 0 bridgehead atoms. The van der Waals surface area contributed by atoms with E-state index in [0.717, 1.165) is 15.4 Å². The van der Waals surface area contributed by atoms with E-state index in [9.17, 15) is 8.42 Å². The number of benzene rings is 2. The lowest BCUT2D eigenvalue weighted by molar-refractivity contribution is 0.242. The maximum Gasteiger partial charge on any atom is 0.282 e. The molecule has 3 rings (SSSR count). The Bertz CT molecular complexity index is 975. The van der Waals surface area contributed by atoms with E-state index >= 15 is 0 Å². The second-order valence-electron chi connectivity index (χ2n) is 5.95. The average Bonchev–Trinajstić information content (AvgIpc) is 3.13. The first-order valence-corrected chi connectivity index (χ1v) is 9.56. The van der Waals surface area contributed by atoms with Gasteiger partial charge in [0.25, 0.3) is 10.0 Å². The highest BCUT2D eigenvalue weighted by molar-refractivity contribution is 7.89. The summed E-state index contributed by atoms with van der Waals surface area (Å²) in [4.78, 5) is 0.147. The molecule has 0 saturated carbocycles. The second kappa shape index (κ2) is 7.21. The molecule has 0 aliphatic heterocycles. The quantitative estimate of drug-likeness (QED) is 0.661. The molecule has 0 spiro atoms. The SMILES string of the molecule is COc1ccc(S(=O)(=O)n2ccc(-c3ccc(OC(C)C)cc3)n2)cc1. The van der Waals surface area contributed by atoms with Crippen molar-refractivity contribution < 1.29 is 17.9 Å². The van der Waals surface area contributed by atoms with Crippen molar-refractivity contribution in [1.82, 2.24) is 9.19 Å². The monoisotopic (exact) mass is 372 g/mol. The number of ether oxygens (including phenoxy) is 2. The number of rotatable bonds is 6. The predicted molar refractivity (Wildman–Crippen MR) is 99.0 cm³/mol. The Hall–Kier alpha value is -2.80. The smallest absolute Gasteiger partial charge is 0.282 e. The zero-order chi connectivity index (χ0) is 18.7. The summed E-state index contributed by atoms with van der Waals surface area (Å²) in [5, 5.41) is 4.22. The van der Waals surface area contributed by atoms with Crippen LogP contribution in [0.3, 0.4) is 0 Å². The van der Waals surface area contributed by atoms with Crippen LogP contribution in [-0.2, 0) is 10.0 Å². The van der Waals surface area contributed by atoms with Crippen LogP contribution in [0.25, 0.3) is 11.3 Å². The molecule has 0 atom stereocenters. The van der Waals surface area contributed by atoms with Gasteiger partial charge in [0.2, 0.25) is 0 Å². The van der Waals surface area contributed by atoms with Gasteiger partial charge in [0.05, 0.1) is 23.8 Å². The molecule has 0 N–H and O–H groups in total. The molecular weight excluding hydrogens is 352 g/mol. The largest absolute Gasteiger partial charge is 0.497 e. The molecule has 1 heterocycles. The molecule has 0 unspecified atom stereocenters.